The van der Waals surface area contributed by atoms with Gasteiger partial charge in [-0.3, -0.25) is 4.79 Å². The van der Waals surface area contributed by atoms with Gasteiger partial charge >= 0.3 is 6.03 Å². The van der Waals surface area contributed by atoms with Gasteiger partial charge in [-0.05, 0) is 49.4 Å². The lowest BCUT2D eigenvalue weighted by atomic mass is 10.2. The van der Waals surface area contributed by atoms with Gasteiger partial charge in [0, 0.05) is 23.4 Å². The Kier molecular flexibility index (Phi) is 4.31. The number of ether oxygens (including phenoxy) is 1. The van der Waals surface area contributed by atoms with Crippen LogP contribution in [-0.2, 0) is 4.79 Å². The molecule has 6 nitrogen and oxygen atoms in total. The number of urea groups is 1. The standard InChI is InChI=1S/C17H16ClN3O3/c1-10-16(22)21(2)14-9-13(7-8-15(14)24-10)20-17(23)19-12-5-3-11(18)4-6-12/h3-10H,1-2H3,(H2,19,20,23). The number of hydrogen-bond acceptors (Lipinski definition) is 3. The Morgan fingerprint density at radius 3 is 2.46 bits per heavy atom. The molecule has 2 aromatic carbocycles. The van der Waals surface area contributed by atoms with Crippen molar-refractivity contribution in [2.45, 2.75) is 13.0 Å². The van der Waals surface area contributed by atoms with Crippen LogP contribution in [0.2, 0.25) is 5.02 Å². The van der Waals surface area contributed by atoms with Crippen LogP contribution in [0.25, 0.3) is 0 Å². The molecule has 0 radical (unpaired) electrons. The molecule has 0 aliphatic carbocycles. The van der Waals surface area contributed by atoms with Crippen LogP contribution in [0, 0.1) is 0 Å². The van der Waals surface area contributed by atoms with Gasteiger partial charge in [0.15, 0.2) is 6.10 Å². The minimum Gasteiger partial charge on any atom is -0.479 e. The normalized spacial score (nSPS) is 16.2. The summed E-state index contributed by atoms with van der Waals surface area (Å²) in [7, 11) is 1.68. The first kappa shape index (κ1) is 16.1. The van der Waals surface area contributed by atoms with Crippen molar-refractivity contribution in [2.75, 3.05) is 22.6 Å². The highest BCUT2D eigenvalue weighted by Gasteiger charge is 2.29. The van der Waals surface area contributed by atoms with Crippen LogP contribution in [0.3, 0.4) is 0 Å². The average Bonchev–Trinajstić information content (AvgIpc) is 2.55. The van der Waals surface area contributed by atoms with Crippen molar-refractivity contribution in [3.05, 3.63) is 47.5 Å². The van der Waals surface area contributed by atoms with Gasteiger partial charge in [0.25, 0.3) is 5.91 Å². The number of rotatable bonds is 2. The summed E-state index contributed by atoms with van der Waals surface area (Å²) >= 11 is 5.81. The predicted molar refractivity (Wildman–Crippen MR) is 94.0 cm³/mol. The highest BCUT2D eigenvalue weighted by Crippen LogP contribution is 2.35. The van der Waals surface area contributed by atoms with E-state index in [2.05, 4.69) is 10.6 Å². The lowest BCUT2D eigenvalue weighted by Crippen LogP contribution is -2.42. The fraction of sp³-hybridized carbons (Fsp3) is 0.176. The van der Waals surface area contributed by atoms with Crippen molar-refractivity contribution in [3.8, 4) is 5.75 Å². The van der Waals surface area contributed by atoms with Gasteiger partial charge in [0.05, 0.1) is 5.69 Å². The number of hydrogen-bond donors (Lipinski definition) is 2. The molecule has 0 fully saturated rings. The van der Waals surface area contributed by atoms with Gasteiger partial charge in [-0.1, -0.05) is 11.6 Å². The van der Waals surface area contributed by atoms with Crippen LogP contribution in [0.5, 0.6) is 5.75 Å². The Balaban J connectivity index is 1.73. The highest BCUT2D eigenvalue weighted by molar-refractivity contribution is 6.30. The van der Waals surface area contributed by atoms with E-state index in [9.17, 15) is 9.59 Å². The SMILES string of the molecule is CC1Oc2ccc(NC(=O)Nc3ccc(Cl)cc3)cc2N(C)C1=O. The summed E-state index contributed by atoms with van der Waals surface area (Å²) in [6.07, 6.45) is -0.519. The number of likely N-dealkylation sites (N-methyl/N-ethyl adjacent to an activating group) is 1. The van der Waals surface area contributed by atoms with Gasteiger partial charge in [-0.15, -0.1) is 0 Å². The summed E-state index contributed by atoms with van der Waals surface area (Å²) in [5, 5.41) is 6.02. The molecule has 1 atom stereocenters. The number of carbonyl (C=O) groups is 2. The number of nitrogens with zero attached hydrogens (tertiary/aromatic N) is 1. The molecule has 7 heteroatoms. The maximum atomic E-state index is 12.1. The van der Waals surface area contributed by atoms with E-state index in [1.54, 1.807) is 56.4 Å². The van der Waals surface area contributed by atoms with E-state index in [0.717, 1.165) is 0 Å². The lowest BCUT2D eigenvalue weighted by Gasteiger charge is -2.30. The third kappa shape index (κ3) is 3.28. The number of nitrogens with one attached hydrogen (secondary N) is 2. The lowest BCUT2D eigenvalue weighted by molar-refractivity contribution is -0.125. The molecular formula is C17H16ClN3O3. The minimum atomic E-state index is -0.519. The molecule has 3 rings (SSSR count). The Labute approximate surface area is 144 Å². The molecule has 24 heavy (non-hydrogen) atoms. The van der Waals surface area contributed by atoms with E-state index in [-0.39, 0.29) is 5.91 Å². The number of amides is 3. The van der Waals surface area contributed by atoms with Crippen LogP contribution >= 0.6 is 11.6 Å². The molecule has 0 saturated heterocycles. The van der Waals surface area contributed by atoms with E-state index in [1.807, 2.05) is 0 Å². The fourth-order valence-electron chi connectivity index (χ4n) is 2.42. The largest absolute Gasteiger partial charge is 0.479 e. The van der Waals surface area contributed by atoms with Gasteiger partial charge in [0.2, 0.25) is 0 Å². The Bertz CT molecular complexity index is 792. The van der Waals surface area contributed by atoms with Crippen molar-refractivity contribution in [1.29, 1.82) is 0 Å². The first-order valence-corrected chi connectivity index (χ1v) is 7.73. The zero-order chi connectivity index (χ0) is 17.3. The van der Waals surface area contributed by atoms with Crippen LogP contribution < -0.4 is 20.3 Å². The monoisotopic (exact) mass is 345 g/mol. The van der Waals surface area contributed by atoms with E-state index >= 15 is 0 Å². The molecule has 124 valence electrons. The number of halogens is 1. The topological polar surface area (TPSA) is 70.7 Å². The molecule has 1 unspecified atom stereocenters. The molecule has 1 heterocycles. The Hall–Kier alpha value is -2.73. The minimum absolute atomic E-state index is 0.134. The molecule has 0 aromatic heterocycles. The average molecular weight is 346 g/mol. The Morgan fingerprint density at radius 2 is 1.75 bits per heavy atom. The van der Waals surface area contributed by atoms with Crippen molar-refractivity contribution in [3.63, 3.8) is 0 Å². The zero-order valence-corrected chi connectivity index (χ0v) is 13.9. The highest BCUT2D eigenvalue weighted by atomic mass is 35.5. The van der Waals surface area contributed by atoms with Crippen LogP contribution in [-0.4, -0.2) is 25.1 Å². The predicted octanol–water partition coefficient (Wildman–Crippen LogP) is 3.73. The molecule has 3 amide bonds. The smallest absolute Gasteiger partial charge is 0.323 e. The van der Waals surface area contributed by atoms with E-state index in [1.165, 1.54) is 4.90 Å². The van der Waals surface area contributed by atoms with Gasteiger partial charge in [0.1, 0.15) is 5.75 Å². The second-order valence-corrected chi connectivity index (χ2v) is 5.86. The van der Waals surface area contributed by atoms with Crippen molar-refractivity contribution >= 4 is 40.6 Å². The van der Waals surface area contributed by atoms with Crippen molar-refractivity contribution in [1.82, 2.24) is 0 Å². The third-order valence-corrected chi connectivity index (χ3v) is 3.91. The van der Waals surface area contributed by atoms with Gasteiger partial charge in [-0.2, -0.15) is 0 Å². The van der Waals surface area contributed by atoms with Gasteiger partial charge in [-0.25, -0.2) is 4.79 Å². The molecule has 1 aliphatic heterocycles. The first-order chi connectivity index (χ1) is 11.4. The molecular weight excluding hydrogens is 330 g/mol. The van der Waals surface area contributed by atoms with E-state index < -0.39 is 12.1 Å². The third-order valence-electron chi connectivity index (χ3n) is 3.66. The van der Waals surface area contributed by atoms with Gasteiger partial charge < -0.3 is 20.3 Å². The zero-order valence-electron chi connectivity index (χ0n) is 13.2. The molecule has 0 saturated carbocycles. The number of fused-ring (bicyclic) bond motifs is 1. The summed E-state index contributed by atoms with van der Waals surface area (Å²) in [6, 6.07) is 11.5. The Morgan fingerprint density at radius 1 is 1.12 bits per heavy atom. The number of anilines is 3. The summed E-state index contributed by atoms with van der Waals surface area (Å²) in [6.45, 7) is 1.70. The number of benzene rings is 2. The van der Waals surface area contributed by atoms with Crippen molar-refractivity contribution < 1.29 is 14.3 Å². The summed E-state index contributed by atoms with van der Waals surface area (Å²) in [5.41, 5.74) is 1.79. The van der Waals surface area contributed by atoms with Crippen LogP contribution in [0.1, 0.15) is 6.92 Å². The maximum absolute atomic E-state index is 12.1. The molecule has 2 N–H and O–H groups in total. The second-order valence-electron chi connectivity index (χ2n) is 5.43. The number of carbonyl (C=O) groups excluding carboxylic acids is 2. The van der Waals surface area contributed by atoms with Crippen molar-refractivity contribution in [2.24, 2.45) is 0 Å². The molecule has 0 bridgehead atoms. The first-order valence-electron chi connectivity index (χ1n) is 7.36. The fourth-order valence-corrected chi connectivity index (χ4v) is 2.54. The van der Waals surface area contributed by atoms with Crippen LogP contribution in [0.15, 0.2) is 42.5 Å². The summed E-state index contributed by atoms with van der Waals surface area (Å²) in [4.78, 5) is 25.6. The van der Waals surface area contributed by atoms with E-state index in [4.69, 9.17) is 16.3 Å². The van der Waals surface area contributed by atoms with Crippen LogP contribution in [0.4, 0.5) is 21.9 Å². The van der Waals surface area contributed by atoms with E-state index in [0.29, 0.717) is 27.8 Å². The molecule has 2 aromatic rings. The maximum Gasteiger partial charge on any atom is 0.323 e. The second kappa shape index (κ2) is 6.41. The molecule has 1 aliphatic rings. The summed E-state index contributed by atoms with van der Waals surface area (Å²) < 4.78 is 5.55. The summed E-state index contributed by atoms with van der Waals surface area (Å²) in [5.74, 6) is 0.471. The molecule has 0 spiro atoms. The quantitative estimate of drug-likeness (QED) is 0.871.